The molecule has 0 aliphatic carbocycles. The summed E-state index contributed by atoms with van der Waals surface area (Å²) in [5.41, 5.74) is 1.06. The number of rotatable bonds is 7. The average Bonchev–Trinajstić information content (AvgIpc) is 2.93. The molecule has 0 fully saturated rings. The molecule has 6 heteroatoms. The average molecular weight is 288 g/mol. The summed E-state index contributed by atoms with van der Waals surface area (Å²) in [6.07, 6.45) is 6.65. The maximum atomic E-state index is 4.52. The van der Waals surface area contributed by atoms with Gasteiger partial charge < -0.3 is 15.2 Å². The molecule has 0 bridgehead atoms. The summed E-state index contributed by atoms with van der Waals surface area (Å²) in [5.74, 6) is 2.59. The monoisotopic (exact) mass is 288 g/mol. The minimum Gasteiger partial charge on any atom is -0.370 e. The number of nitrogens with zero attached hydrogens (tertiary/aromatic N) is 4. The van der Waals surface area contributed by atoms with E-state index < -0.39 is 0 Å². The summed E-state index contributed by atoms with van der Waals surface area (Å²) in [7, 11) is 0. The topological polar surface area (TPSA) is 67.7 Å². The third-order valence-electron chi connectivity index (χ3n) is 3.23. The van der Waals surface area contributed by atoms with Crippen LogP contribution in [0.25, 0.3) is 0 Å². The van der Waals surface area contributed by atoms with Crippen molar-refractivity contribution in [2.75, 3.05) is 17.2 Å². The van der Waals surface area contributed by atoms with Crippen LogP contribution in [0.4, 0.5) is 11.6 Å². The van der Waals surface area contributed by atoms with Crippen LogP contribution in [0.3, 0.4) is 0 Å². The summed E-state index contributed by atoms with van der Waals surface area (Å²) in [6.45, 7) is 10.0. The lowest BCUT2D eigenvalue weighted by Crippen LogP contribution is -2.23. The van der Waals surface area contributed by atoms with Crippen LogP contribution >= 0.6 is 0 Å². The molecule has 2 aromatic rings. The molecule has 1 unspecified atom stereocenters. The highest BCUT2D eigenvalue weighted by Gasteiger charge is 2.11. The van der Waals surface area contributed by atoms with Crippen LogP contribution in [0, 0.1) is 13.8 Å². The molecule has 0 radical (unpaired) electrons. The molecule has 0 aliphatic rings. The predicted octanol–water partition coefficient (Wildman–Crippen LogP) is 2.61. The van der Waals surface area contributed by atoms with Gasteiger partial charge in [-0.25, -0.2) is 15.0 Å². The first-order chi connectivity index (χ1) is 10.1. The molecule has 0 saturated carbocycles. The zero-order chi connectivity index (χ0) is 15.2. The smallest absolute Gasteiger partial charge is 0.135 e. The van der Waals surface area contributed by atoms with Crippen LogP contribution in [-0.2, 0) is 6.54 Å². The van der Waals surface area contributed by atoms with Gasteiger partial charge in [-0.15, -0.1) is 0 Å². The quantitative estimate of drug-likeness (QED) is 0.819. The molecule has 2 aromatic heterocycles. The van der Waals surface area contributed by atoms with Crippen molar-refractivity contribution in [3.63, 3.8) is 0 Å². The Morgan fingerprint density at radius 3 is 2.67 bits per heavy atom. The third-order valence-corrected chi connectivity index (χ3v) is 3.23. The van der Waals surface area contributed by atoms with Crippen molar-refractivity contribution >= 4 is 11.6 Å². The van der Waals surface area contributed by atoms with E-state index >= 15 is 0 Å². The Kier molecular flexibility index (Phi) is 5.14. The van der Waals surface area contributed by atoms with Gasteiger partial charge in [0.2, 0.25) is 0 Å². The van der Waals surface area contributed by atoms with E-state index in [2.05, 4.69) is 44.0 Å². The Balaban J connectivity index is 2.09. The molecule has 21 heavy (non-hydrogen) atoms. The lowest BCUT2D eigenvalue weighted by atomic mass is 10.2. The Morgan fingerprint density at radius 1 is 1.24 bits per heavy atom. The Labute approximate surface area is 126 Å². The summed E-state index contributed by atoms with van der Waals surface area (Å²) in [6, 6.07) is 0.256. The Morgan fingerprint density at radius 2 is 2.00 bits per heavy atom. The molecule has 0 aromatic carbocycles. The molecule has 2 rings (SSSR count). The van der Waals surface area contributed by atoms with Crippen LogP contribution in [0.2, 0.25) is 0 Å². The van der Waals surface area contributed by atoms with Crippen LogP contribution in [0.1, 0.15) is 31.7 Å². The van der Waals surface area contributed by atoms with Crippen molar-refractivity contribution in [1.82, 2.24) is 19.5 Å². The minimum atomic E-state index is 0.256. The van der Waals surface area contributed by atoms with Gasteiger partial charge >= 0.3 is 0 Å². The van der Waals surface area contributed by atoms with Crippen LogP contribution in [0.15, 0.2) is 18.7 Å². The predicted molar refractivity (Wildman–Crippen MR) is 85.6 cm³/mol. The van der Waals surface area contributed by atoms with Gasteiger partial charge in [0.05, 0.1) is 6.33 Å². The summed E-state index contributed by atoms with van der Waals surface area (Å²) >= 11 is 0. The molecular formula is C15H24N6. The third kappa shape index (κ3) is 4.18. The van der Waals surface area contributed by atoms with Gasteiger partial charge in [0, 0.05) is 37.1 Å². The van der Waals surface area contributed by atoms with Gasteiger partial charge in [-0.05, 0) is 27.2 Å². The molecule has 1 atom stereocenters. The number of nitrogens with one attached hydrogen (secondary N) is 2. The van der Waals surface area contributed by atoms with Gasteiger partial charge in [-0.3, -0.25) is 0 Å². The van der Waals surface area contributed by atoms with E-state index in [0.717, 1.165) is 42.5 Å². The van der Waals surface area contributed by atoms with Gasteiger partial charge in [0.15, 0.2) is 0 Å². The first-order valence-electron chi connectivity index (χ1n) is 7.41. The van der Waals surface area contributed by atoms with Crippen molar-refractivity contribution < 1.29 is 0 Å². The maximum absolute atomic E-state index is 4.52. The minimum absolute atomic E-state index is 0.256. The van der Waals surface area contributed by atoms with Crippen molar-refractivity contribution in [1.29, 1.82) is 0 Å². The molecule has 0 saturated heterocycles. The van der Waals surface area contributed by atoms with Gasteiger partial charge in [0.1, 0.15) is 17.5 Å². The Hall–Kier alpha value is -2.11. The molecule has 2 heterocycles. The Bertz CT molecular complexity index is 564. The van der Waals surface area contributed by atoms with Crippen molar-refractivity contribution in [2.45, 2.75) is 46.7 Å². The SMILES string of the molecule is CCCNc1nc(C)nc(NC(C)Cn2ccnc2)c1C. The standard InChI is InChI=1S/C15H24N6/c1-5-6-17-14-12(3)15(20-13(4)19-14)18-11(2)9-21-8-7-16-10-21/h7-8,10-11H,5-6,9H2,1-4H3,(H2,17,18,19,20). The van der Waals surface area contributed by atoms with Gasteiger partial charge in [-0.2, -0.15) is 0 Å². The lowest BCUT2D eigenvalue weighted by Gasteiger charge is -2.18. The number of aryl methyl sites for hydroxylation is 1. The number of hydrogen-bond donors (Lipinski definition) is 2. The largest absolute Gasteiger partial charge is 0.370 e. The van der Waals surface area contributed by atoms with E-state index in [4.69, 9.17) is 0 Å². The summed E-state index contributed by atoms with van der Waals surface area (Å²) in [4.78, 5) is 13.1. The number of imidazole rings is 1. The van der Waals surface area contributed by atoms with Crippen molar-refractivity contribution in [3.05, 3.63) is 30.1 Å². The second-order valence-corrected chi connectivity index (χ2v) is 5.32. The van der Waals surface area contributed by atoms with Crippen molar-refractivity contribution in [3.8, 4) is 0 Å². The molecule has 0 amide bonds. The van der Waals surface area contributed by atoms with E-state index in [1.165, 1.54) is 0 Å². The fourth-order valence-electron chi connectivity index (χ4n) is 2.17. The number of anilines is 2. The second-order valence-electron chi connectivity index (χ2n) is 5.32. The van der Waals surface area contributed by atoms with E-state index in [-0.39, 0.29) is 6.04 Å². The van der Waals surface area contributed by atoms with Gasteiger partial charge in [0.25, 0.3) is 0 Å². The maximum Gasteiger partial charge on any atom is 0.135 e. The first kappa shape index (κ1) is 15.3. The van der Waals surface area contributed by atoms with E-state index in [9.17, 15) is 0 Å². The highest BCUT2D eigenvalue weighted by Crippen LogP contribution is 2.20. The van der Waals surface area contributed by atoms with E-state index in [1.54, 1.807) is 6.20 Å². The molecule has 114 valence electrons. The summed E-state index contributed by atoms with van der Waals surface area (Å²) in [5, 5.41) is 6.82. The zero-order valence-corrected chi connectivity index (χ0v) is 13.2. The normalized spacial score (nSPS) is 12.2. The highest BCUT2D eigenvalue weighted by molar-refractivity contribution is 5.57. The molecule has 0 spiro atoms. The van der Waals surface area contributed by atoms with Crippen molar-refractivity contribution in [2.24, 2.45) is 0 Å². The fraction of sp³-hybridized carbons (Fsp3) is 0.533. The summed E-state index contributed by atoms with van der Waals surface area (Å²) < 4.78 is 2.05. The second kappa shape index (κ2) is 7.06. The number of hydrogen-bond acceptors (Lipinski definition) is 5. The number of aromatic nitrogens is 4. The molecule has 0 aliphatic heterocycles. The molecular weight excluding hydrogens is 264 g/mol. The van der Waals surface area contributed by atoms with E-state index in [1.807, 2.05) is 26.4 Å². The first-order valence-corrected chi connectivity index (χ1v) is 7.41. The van der Waals surface area contributed by atoms with Crippen LogP contribution in [0.5, 0.6) is 0 Å². The fourth-order valence-corrected chi connectivity index (χ4v) is 2.17. The highest BCUT2D eigenvalue weighted by atomic mass is 15.1. The molecule has 2 N–H and O–H groups in total. The molecule has 6 nitrogen and oxygen atoms in total. The van der Waals surface area contributed by atoms with Gasteiger partial charge in [-0.1, -0.05) is 6.92 Å². The zero-order valence-electron chi connectivity index (χ0n) is 13.2. The van der Waals surface area contributed by atoms with E-state index in [0.29, 0.717) is 0 Å². The van der Waals surface area contributed by atoms with Crippen LogP contribution < -0.4 is 10.6 Å². The van der Waals surface area contributed by atoms with Crippen LogP contribution in [-0.4, -0.2) is 32.1 Å². The lowest BCUT2D eigenvalue weighted by molar-refractivity contribution is 0.616.